The van der Waals surface area contributed by atoms with Crippen LogP contribution in [0.1, 0.15) is 23.7 Å². The number of carboxylic acid groups (broad SMARTS) is 1. The lowest BCUT2D eigenvalue weighted by Gasteiger charge is -2.20. The highest BCUT2D eigenvalue weighted by Gasteiger charge is 2.18. The van der Waals surface area contributed by atoms with Crippen molar-refractivity contribution in [1.29, 1.82) is 0 Å². The molecule has 0 aromatic heterocycles. The first-order chi connectivity index (χ1) is 10.8. The third-order valence-electron chi connectivity index (χ3n) is 3.28. The van der Waals surface area contributed by atoms with E-state index < -0.39 is 15.8 Å². The summed E-state index contributed by atoms with van der Waals surface area (Å²) in [5, 5.41) is 8.69. The number of aliphatic carboxylic acids is 1. The van der Waals surface area contributed by atoms with Gasteiger partial charge in [-0.2, -0.15) is 0 Å². The Morgan fingerprint density at radius 1 is 1.22 bits per heavy atom. The number of carbonyl (C=O) groups excluding carboxylic acids is 1. The molecule has 1 amide bonds. The van der Waals surface area contributed by atoms with Crippen LogP contribution < -0.4 is 0 Å². The summed E-state index contributed by atoms with van der Waals surface area (Å²) in [7, 11) is -2.02. The molecule has 0 atom stereocenters. The Balaban J connectivity index is 2.86. The molecule has 0 aliphatic carbocycles. The molecule has 0 aliphatic rings. The maximum atomic E-state index is 12.3. The number of hydrogen-bond donors (Lipinski definition) is 1. The Kier molecular flexibility index (Phi) is 7.18. The van der Waals surface area contributed by atoms with Crippen LogP contribution in [0, 0.1) is 0 Å². The maximum Gasteiger partial charge on any atom is 0.305 e. The minimum Gasteiger partial charge on any atom is -0.481 e. The fraction of sp³-hybridized carbons (Fsp3) is 0.467. The van der Waals surface area contributed by atoms with Crippen molar-refractivity contribution in [3.63, 3.8) is 0 Å². The molecule has 0 aliphatic heterocycles. The number of carbonyl (C=O) groups is 2. The Hall–Kier alpha value is -1.93. The summed E-state index contributed by atoms with van der Waals surface area (Å²) in [6, 6.07) is 5.63. The Bertz CT molecular complexity index is 638. The van der Waals surface area contributed by atoms with Gasteiger partial charge in [0.15, 0.2) is 9.84 Å². The summed E-state index contributed by atoms with van der Waals surface area (Å²) in [6.45, 7) is 2.34. The van der Waals surface area contributed by atoms with E-state index in [1.165, 1.54) is 36.3 Å². The minimum atomic E-state index is -3.44. The molecule has 1 aromatic carbocycles. The standard InChI is InChI=1S/C15H21NO6S/c1-3-16(9-8-14(17)18)15(19)12-4-6-13(7-5-12)23(20,21)11-10-22-2/h4-7H,3,8-11H2,1-2H3,(H,17,18). The second-order valence-electron chi connectivity index (χ2n) is 4.86. The SMILES string of the molecule is CCN(CCC(=O)O)C(=O)c1ccc(S(=O)(=O)CCOC)cc1. The first kappa shape index (κ1) is 19.1. The number of benzene rings is 1. The van der Waals surface area contributed by atoms with Gasteiger partial charge in [0, 0.05) is 25.8 Å². The van der Waals surface area contributed by atoms with Gasteiger partial charge in [0.25, 0.3) is 5.91 Å². The number of sulfone groups is 1. The number of rotatable bonds is 9. The van der Waals surface area contributed by atoms with Crippen LogP contribution >= 0.6 is 0 Å². The highest BCUT2D eigenvalue weighted by Crippen LogP contribution is 2.14. The van der Waals surface area contributed by atoms with Crippen molar-refractivity contribution < 1.29 is 27.9 Å². The summed E-state index contributed by atoms with van der Waals surface area (Å²) in [5.41, 5.74) is 0.322. The van der Waals surface area contributed by atoms with Gasteiger partial charge in [-0.15, -0.1) is 0 Å². The lowest BCUT2D eigenvalue weighted by atomic mass is 10.2. The number of carboxylic acids is 1. The van der Waals surface area contributed by atoms with Gasteiger partial charge < -0.3 is 14.7 Å². The Morgan fingerprint density at radius 3 is 2.30 bits per heavy atom. The van der Waals surface area contributed by atoms with E-state index in [1.807, 2.05) is 0 Å². The highest BCUT2D eigenvalue weighted by atomic mass is 32.2. The lowest BCUT2D eigenvalue weighted by molar-refractivity contribution is -0.137. The number of methoxy groups -OCH3 is 1. The Labute approximate surface area is 135 Å². The molecular weight excluding hydrogens is 322 g/mol. The summed E-state index contributed by atoms with van der Waals surface area (Å²) in [5.74, 6) is -1.43. The topological polar surface area (TPSA) is 101 Å². The lowest BCUT2D eigenvalue weighted by Crippen LogP contribution is -2.32. The van der Waals surface area contributed by atoms with Crippen molar-refractivity contribution in [2.75, 3.05) is 32.6 Å². The van der Waals surface area contributed by atoms with Crippen LogP contribution in [0.15, 0.2) is 29.2 Å². The van der Waals surface area contributed by atoms with E-state index in [9.17, 15) is 18.0 Å². The third kappa shape index (κ3) is 5.65. The number of nitrogens with zero attached hydrogens (tertiary/aromatic N) is 1. The molecule has 1 aromatic rings. The van der Waals surface area contributed by atoms with Crippen LogP contribution in [-0.2, 0) is 19.4 Å². The number of amides is 1. The molecule has 0 heterocycles. The highest BCUT2D eigenvalue weighted by molar-refractivity contribution is 7.91. The van der Waals surface area contributed by atoms with Gasteiger partial charge in [-0.1, -0.05) is 0 Å². The molecule has 0 unspecified atom stereocenters. The zero-order valence-corrected chi connectivity index (χ0v) is 14.0. The number of ether oxygens (including phenoxy) is 1. The quantitative estimate of drug-likeness (QED) is 0.719. The van der Waals surface area contributed by atoms with Crippen LogP contribution in [0.2, 0.25) is 0 Å². The molecule has 128 valence electrons. The van der Waals surface area contributed by atoms with Gasteiger partial charge in [0.05, 0.1) is 23.7 Å². The van der Waals surface area contributed by atoms with E-state index in [-0.39, 0.29) is 36.1 Å². The van der Waals surface area contributed by atoms with Crippen molar-refractivity contribution in [2.45, 2.75) is 18.2 Å². The maximum absolute atomic E-state index is 12.3. The van der Waals surface area contributed by atoms with Crippen molar-refractivity contribution in [3.8, 4) is 0 Å². The molecule has 1 rings (SSSR count). The van der Waals surface area contributed by atoms with E-state index in [2.05, 4.69) is 0 Å². The van der Waals surface area contributed by atoms with Crippen LogP contribution in [0.3, 0.4) is 0 Å². The summed E-state index contributed by atoms with van der Waals surface area (Å²) >= 11 is 0. The molecule has 7 nitrogen and oxygen atoms in total. The second-order valence-corrected chi connectivity index (χ2v) is 6.97. The van der Waals surface area contributed by atoms with E-state index in [0.717, 1.165) is 0 Å². The summed E-state index contributed by atoms with van der Waals surface area (Å²) in [6.07, 6.45) is -0.136. The molecule has 1 N–H and O–H groups in total. The average Bonchev–Trinajstić information content (AvgIpc) is 2.53. The predicted molar refractivity (Wildman–Crippen MR) is 84.2 cm³/mol. The summed E-state index contributed by atoms with van der Waals surface area (Å²) < 4.78 is 28.8. The molecule has 0 fully saturated rings. The van der Waals surface area contributed by atoms with Crippen molar-refractivity contribution in [2.24, 2.45) is 0 Å². The van der Waals surface area contributed by atoms with Crippen LogP contribution in [0.5, 0.6) is 0 Å². The molecule has 0 radical (unpaired) electrons. The smallest absolute Gasteiger partial charge is 0.305 e. The van der Waals surface area contributed by atoms with E-state index in [1.54, 1.807) is 6.92 Å². The molecule has 0 saturated carbocycles. The Morgan fingerprint density at radius 2 is 1.83 bits per heavy atom. The molecule has 0 saturated heterocycles. The van der Waals surface area contributed by atoms with Gasteiger partial charge >= 0.3 is 5.97 Å². The largest absolute Gasteiger partial charge is 0.481 e. The minimum absolute atomic E-state index is 0.0990. The normalized spacial score (nSPS) is 11.2. The zero-order chi connectivity index (χ0) is 17.5. The van der Waals surface area contributed by atoms with Crippen molar-refractivity contribution in [3.05, 3.63) is 29.8 Å². The monoisotopic (exact) mass is 343 g/mol. The van der Waals surface area contributed by atoms with Gasteiger partial charge in [0.2, 0.25) is 0 Å². The molecule has 0 spiro atoms. The fourth-order valence-electron chi connectivity index (χ4n) is 1.93. The predicted octanol–water partition coefficient (Wildman–Crippen LogP) is 1.04. The van der Waals surface area contributed by atoms with Crippen molar-refractivity contribution >= 4 is 21.7 Å². The van der Waals surface area contributed by atoms with Crippen LogP contribution in [0.4, 0.5) is 0 Å². The van der Waals surface area contributed by atoms with Gasteiger partial charge in [0.1, 0.15) is 0 Å². The summed E-state index contributed by atoms with van der Waals surface area (Å²) in [4.78, 5) is 24.4. The second kappa shape index (κ2) is 8.64. The number of hydrogen-bond acceptors (Lipinski definition) is 5. The average molecular weight is 343 g/mol. The molecular formula is C15H21NO6S. The molecule has 0 bridgehead atoms. The van der Waals surface area contributed by atoms with Crippen LogP contribution in [-0.4, -0.2) is 62.9 Å². The van der Waals surface area contributed by atoms with Crippen molar-refractivity contribution in [1.82, 2.24) is 4.90 Å². The fourth-order valence-corrected chi connectivity index (χ4v) is 3.10. The van der Waals surface area contributed by atoms with Gasteiger partial charge in [-0.05, 0) is 31.2 Å². The van der Waals surface area contributed by atoms with Gasteiger partial charge in [-0.25, -0.2) is 8.42 Å². The van der Waals surface area contributed by atoms with E-state index in [0.29, 0.717) is 12.1 Å². The molecule has 8 heteroatoms. The first-order valence-corrected chi connectivity index (χ1v) is 8.80. The van der Waals surface area contributed by atoms with E-state index >= 15 is 0 Å². The van der Waals surface area contributed by atoms with Gasteiger partial charge in [-0.3, -0.25) is 9.59 Å². The third-order valence-corrected chi connectivity index (χ3v) is 4.98. The molecule has 23 heavy (non-hydrogen) atoms. The zero-order valence-electron chi connectivity index (χ0n) is 13.2. The van der Waals surface area contributed by atoms with Crippen LogP contribution in [0.25, 0.3) is 0 Å². The first-order valence-electron chi connectivity index (χ1n) is 7.14. The van der Waals surface area contributed by atoms with E-state index in [4.69, 9.17) is 9.84 Å².